The lowest BCUT2D eigenvalue weighted by atomic mass is 10.2. The van der Waals surface area contributed by atoms with Crippen LogP contribution in [0, 0.1) is 6.92 Å². The fraction of sp³-hybridized carbons (Fsp3) is 0.625. The Bertz CT molecular complexity index is 339. The molecule has 0 amide bonds. The Kier molecular flexibility index (Phi) is 11.0. The lowest BCUT2D eigenvalue weighted by Gasteiger charge is -2.07. The monoisotopic (exact) mass is 298 g/mol. The van der Waals surface area contributed by atoms with Gasteiger partial charge in [-0.15, -0.1) is 0 Å². The summed E-state index contributed by atoms with van der Waals surface area (Å²) in [5, 5.41) is 8.50. The highest BCUT2D eigenvalue weighted by Gasteiger charge is 1.94. The first-order valence-corrected chi connectivity index (χ1v) is 7.30. The number of rotatable bonds is 13. The third kappa shape index (κ3) is 10.4. The van der Waals surface area contributed by atoms with Crippen molar-refractivity contribution >= 4 is 0 Å². The van der Waals surface area contributed by atoms with E-state index in [4.69, 9.17) is 24.1 Å². The summed E-state index contributed by atoms with van der Waals surface area (Å²) in [6.45, 7) is 6.34. The maximum Gasteiger partial charge on any atom is 0.0718 e. The Labute approximate surface area is 126 Å². The van der Waals surface area contributed by atoms with Gasteiger partial charge in [0.2, 0.25) is 0 Å². The molecule has 5 heteroatoms. The Hall–Kier alpha value is -0.980. The molecular formula is C16H26O5. The van der Waals surface area contributed by atoms with Crippen LogP contribution in [-0.2, 0) is 25.6 Å². The molecule has 1 rings (SSSR count). The van der Waals surface area contributed by atoms with E-state index >= 15 is 0 Å². The van der Waals surface area contributed by atoms with Crippen LogP contribution in [0.3, 0.4) is 0 Å². The first-order chi connectivity index (χ1) is 10.3. The lowest BCUT2D eigenvalue weighted by molar-refractivity contribution is -0.00743. The van der Waals surface area contributed by atoms with E-state index in [-0.39, 0.29) is 6.61 Å². The zero-order valence-corrected chi connectivity index (χ0v) is 12.8. The van der Waals surface area contributed by atoms with Crippen LogP contribution in [-0.4, -0.2) is 58.0 Å². The number of aryl methyl sites for hydroxylation is 1. The third-order valence-electron chi connectivity index (χ3n) is 2.74. The summed E-state index contributed by atoms with van der Waals surface area (Å²) < 4.78 is 21.3. The Balaban J connectivity index is 1.81. The molecular weight excluding hydrogens is 272 g/mol. The number of aliphatic hydroxyl groups excluding tert-OH is 1. The van der Waals surface area contributed by atoms with Gasteiger partial charge in [-0.25, -0.2) is 0 Å². The number of hydrogen-bond donors (Lipinski definition) is 1. The Morgan fingerprint density at radius 3 is 1.71 bits per heavy atom. The maximum absolute atomic E-state index is 8.50. The van der Waals surface area contributed by atoms with E-state index in [1.165, 1.54) is 11.1 Å². The highest BCUT2D eigenvalue weighted by molar-refractivity contribution is 5.20. The van der Waals surface area contributed by atoms with Crippen LogP contribution < -0.4 is 0 Å². The van der Waals surface area contributed by atoms with Crippen molar-refractivity contribution in [3.05, 3.63) is 35.4 Å². The molecule has 120 valence electrons. The van der Waals surface area contributed by atoms with Gasteiger partial charge in [0.05, 0.1) is 59.5 Å². The van der Waals surface area contributed by atoms with Crippen LogP contribution in [0.4, 0.5) is 0 Å². The zero-order valence-electron chi connectivity index (χ0n) is 12.8. The highest BCUT2D eigenvalue weighted by atomic mass is 16.6. The molecule has 0 radical (unpaired) electrons. The first kappa shape index (κ1) is 18.1. The lowest BCUT2D eigenvalue weighted by Crippen LogP contribution is -2.12. The average molecular weight is 298 g/mol. The molecule has 0 atom stereocenters. The van der Waals surface area contributed by atoms with Gasteiger partial charge >= 0.3 is 0 Å². The zero-order chi connectivity index (χ0) is 15.2. The third-order valence-corrected chi connectivity index (χ3v) is 2.74. The number of hydrogen-bond acceptors (Lipinski definition) is 5. The SMILES string of the molecule is Cc1ccc(COCCOCCOCCOCCO)cc1. The van der Waals surface area contributed by atoms with Crippen molar-refractivity contribution in [1.82, 2.24) is 0 Å². The van der Waals surface area contributed by atoms with Crippen molar-refractivity contribution in [3.8, 4) is 0 Å². The molecule has 0 saturated carbocycles. The largest absolute Gasteiger partial charge is 0.394 e. The van der Waals surface area contributed by atoms with Crippen molar-refractivity contribution in [2.75, 3.05) is 52.9 Å². The molecule has 1 aromatic rings. The summed E-state index contributed by atoms with van der Waals surface area (Å²) in [6, 6.07) is 8.30. The molecule has 0 saturated heterocycles. The second-order valence-electron chi connectivity index (χ2n) is 4.60. The van der Waals surface area contributed by atoms with Crippen LogP contribution in [0.15, 0.2) is 24.3 Å². The van der Waals surface area contributed by atoms with E-state index in [1.807, 2.05) is 0 Å². The van der Waals surface area contributed by atoms with E-state index in [1.54, 1.807) is 0 Å². The van der Waals surface area contributed by atoms with Gasteiger partial charge in [-0.3, -0.25) is 0 Å². The van der Waals surface area contributed by atoms with Crippen molar-refractivity contribution < 1.29 is 24.1 Å². The first-order valence-electron chi connectivity index (χ1n) is 7.30. The molecule has 0 unspecified atom stereocenters. The smallest absolute Gasteiger partial charge is 0.0718 e. The van der Waals surface area contributed by atoms with Crippen molar-refractivity contribution in [3.63, 3.8) is 0 Å². The Morgan fingerprint density at radius 2 is 1.19 bits per heavy atom. The predicted octanol–water partition coefficient (Wildman–Crippen LogP) is 1.55. The summed E-state index contributed by atoms with van der Waals surface area (Å²) in [4.78, 5) is 0. The normalized spacial score (nSPS) is 11.0. The van der Waals surface area contributed by atoms with Gasteiger partial charge in [0.15, 0.2) is 0 Å². The summed E-state index contributed by atoms with van der Waals surface area (Å²) >= 11 is 0. The molecule has 0 bridgehead atoms. The fourth-order valence-electron chi connectivity index (χ4n) is 1.60. The standard InChI is InChI=1S/C16H26O5/c1-15-2-4-16(5-3-15)14-21-13-12-20-11-10-19-9-8-18-7-6-17/h2-5,17H,6-14H2,1H3. The molecule has 21 heavy (non-hydrogen) atoms. The van der Waals surface area contributed by atoms with Crippen molar-refractivity contribution in [2.24, 2.45) is 0 Å². The quantitative estimate of drug-likeness (QED) is 0.560. The number of aliphatic hydroxyl groups is 1. The average Bonchev–Trinajstić information content (AvgIpc) is 2.50. The predicted molar refractivity (Wildman–Crippen MR) is 80.4 cm³/mol. The van der Waals surface area contributed by atoms with Gasteiger partial charge in [0.1, 0.15) is 0 Å². The highest BCUT2D eigenvalue weighted by Crippen LogP contribution is 2.04. The van der Waals surface area contributed by atoms with Crippen LogP contribution in [0.2, 0.25) is 0 Å². The van der Waals surface area contributed by atoms with Crippen LogP contribution in [0.25, 0.3) is 0 Å². The molecule has 5 nitrogen and oxygen atoms in total. The number of ether oxygens (including phenoxy) is 4. The molecule has 0 aliphatic carbocycles. The molecule has 0 aliphatic heterocycles. The summed E-state index contributed by atoms with van der Waals surface area (Å²) in [5.41, 5.74) is 2.43. The van der Waals surface area contributed by atoms with Crippen LogP contribution in [0.1, 0.15) is 11.1 Å². The molecule has 0 spiro atoms. The van der Waals surface area contributed by atoms with Crippen molar-refractivity contribution in [1.29, 1.82) is 0 Å². The van der Waals surface area contributed by atoms with E-state index in [0.29, 0.717) is 52.9 Å². The van der Waals surface area contributed by atoms with Gasteiger partial charge in [0.25, 0.3) is 0 Å². The van der Waals surface area contributed by atoms with Gasteiger partial charge in [0, 0.05) is 0 Å². The van der Waals surface area contributed by atoms with Crippen molar-refractivity contribution in [2.45, 2.75) is 13.5 Å². The topological polar surface area (TPSA) is 57.2 Å². The second-order valence-corrected chi connectivity index (χ2v) is 4.60. The molecule has 0 aliphatic rings. The molecule has 1 N–H and O–H groups in total. The van der Waals surface area contributed by atoms with E-state index in [9.17, 15) is 0 Å². The van der Waals surface area contributed by atoms with E-state index in [2.05, 4.69) is 31.2 Å². The number of benzene rings is 1. The minimum absolute atomic E-state index is 0.0473. The maximum atomic E-state index is 8.50. The van der Waals surface area contributed by atoms with Gasteiger partial charge in [-0.1, -0.05) is 29.8 Å². The minimum Gasteiger partial charge on any atom is -0.394 e. The Morgan fingerprint density at radius 1 is 0.714 bits per heavy atom. The summed E-state index contributed by atoms with van der Waals surface area (Å²) in [7, 11) is 0. The molecule has 0 fully saturated rings. The van der Waals surface area contributed by atoms with Gasteiger partial charge in [-0.05, 0) is 12.5 Å². The van der Waals surface area contributed by atoms with E-state index < -0.39 is 0 Å². The second kappa shape index (κ2) is 12.7. The summed E-state index contributed by atoms with van der Waals surface area (Å²) in [5.74, 6) is 0. The minimum atomic E-state index is 0.0473. The van der Waals surface area contributed by atoms with E-state index in [0.717, 1.165) is 0 Å². The molecule has 1 aromatic carbocycles. The molecule has 0 heterocycles. The summed E-state index contributed by atoms with van der Waals surface area (Å²) in [6.07, 6.45) is 0. The van der Waals surface area contributed by atoms with Crippen LogP contribution in [0.5, 0.6) is 0 Å². The van der Waals surface area contributed by atoms with Gasteiger partial charge < -0.3 is 24.1 Å². The van der Waals surface area contributed by atoms with Gasteiger partial charge in [-0.2, -0.15) is 0 Å². The van der Waals surface area contributed by atoms with Crippen LogP contribution >= 0.6 is 0 Å². The fourth-order valence-corrected chi connectivity index (χ4v) is 1.60. The molecule has 0 aromatic heterocycles.